The van der Waals surface area contributed by atoms with Gasteiger partial charge in [0.15, 0.2) is 11.5 Å². The molecule has 88 valence electrons. The van der Waals surface area contributed by atoms with Crippen molar-refractivity contribution < 1.29 is 19.3 Å². The van der Waals surface area contributed by atoms with Crippen molar-refractivity contribution in [1.29, 1.82) is 0 Å². The lowest BCUT2D eigenvalue weighted by molar-refractivity contribution is 0.173. The first-order valence-corrected chi connectivity index (χ1v) is 5.19. The molecule has 0 saturated carbocycles. The molecule has 5 heteroatoms. The zero-order valence-electron chi connectivity index (χ0n) is 9.10. The highest BCUT2D eigenvalue weighted by molar-refractivity contribution is 5.52. The van der Waals surface area contributed by atoms with Gasteiger partial charge in [-0.3, -0.25) is 0 Å². The summed E-state index contributed by atoms with van der Waals surface area (Å²) >= 11 is 0. The number of aliphatic hydroxyl groups excluding tert-OH is 1. The minimum atomic E-state index is -0.476. The highest BCUT2D eigenvalue weighted by Crippen LogP contribution is 2.39. The molecule has 0 aliphatic carbocycles. The molecule has 0 fully saturated rings. The predicted molar refractivity (Wildman–Crippen MR) is 57.7 cm³/mol. The van der Waals surface area contributed by atoms with Crippen molar-refractivity contribution in [3.8, 4) is 17.2 Å². The van der Waals surface area contributed by atoms with Gasteiger partial charge in [0.1, 0.15) is 5.75 Å². The van der Waals surface area contributed by atoms with Crippen LogP contribution in [0.5, 0.6) is 17.2 Å². The summed E-state index contributed by atoms with van der Waals surface area (Å²) in [5.74, 6) is 1.92. The Balaban J connectivity index is 2.40. The van der Waals surface area contributed by atoms with Crippen LogP contribution in [0.15, 0.2) is 12.1 Å². The molecule has 0 aromatic heterocycles. The first kappa shape index (κ1) is 11.0. The third kappa shape index (κ3) is 1.91. The summed E-state index contributed by atoms with van der Waals surface area (Å²) in [4.78, 5) is 0. The van der Waals surface area contributed by atoms with Gasteiger partial charge in [-0.25, -0.2) is 0 Å². The Morgan fingerprint density at radius 3 is 2.75 bits per heavy atom. The fourth-order valence-electron chi connectivity index (χ4n) is 1.61. The van der Waals surface area contributed by atoms with Crippen LogP contribution in [-0.4, -0.2) is 25.1 Å². The van der Waals surface area contributed by atoms with Gasteiger partial charge in [-0.2, -0.15) is 0 Å². The van der Waals surface area contributed by atoms with E-state index in [0.29, 0.717) is 23.9 Å². The van der Waals surface area contributed by atoms with Gasteiger partial charge in [0.25, 0.3) is 0 Å². The van der Waals surface area contributed by atoms with Crippen LogP contribution < -0.4 is 19.9 Å². The van der Waals surface area contributed by atoms with Crippen LogP contribution in [0.1, 0.15) is 18.5 Å². The van der Waals surface area contributed by atoms with Crippen LogP contribution in [0, 0.1) is 0 Å². The summed E-state index contributed by atoms with van der Waals surface area (Å²) < 4.78 is 16.0. The van der Waals surface area contributed by atoms with Crippen molar-refractivity contribution in [2.45, 2.75) is 13.0 Å². The van der Waals surface area contributed by atoms with Crippen LogP contribution in [0.3, 0.4) is 0 Å². The number of benzene rings is 1. The van der Waals surface area contributed by atoms with E-state index in [1.165, 1.54) is 0 Å². The first-order chi connectivity index (χ1) is 7.76. The number of rotatable bonds is 4. The lowest BCUT2D eigenvalue weighted by Gasteiger charge is -2.15. The monoisotopic (exact) mass is 225 g/mol. The molecule has 3 N–H and O–H groups in total. The van der Waals surface area contributed by atoms with E-state index in [-0.39, 0.29) is 13.4 Å². The quantitative estimate of drug-likeness (QED) is 0.793. The van der Waals surface area contributed by atoms with Gasteiger partial charge in [0.2, 0.25) is 6.79 Å². The molecule has 1 heterocycles. The molecule has 1 aliphatic heterocycles. The van der Waals surface area contributed by atoms with E-state index in [1.54, 1.807) is 12.1 Å². The number of nitrogens with two attached hydrogens (primary N) is 1. The van der Waals surface area contributed by atoms with E-state index in [2.05, 4.69) is 0 Å². The molecule has 0 spiro atoms. The molecular weight excluding hydrogens is 210 g/mol. The Labute approximate surface area is 93.7 Å². The van der Waals surface area contributed by atoms with Gasteiger partial charge in [-0.1, -0.05) is 0 Å². The minimum Gasteiger partial charge on any atom is -0.493 e. The molecule has 2 rings (SSSR count). The summed E-state index contributed by atoms with van der Waals surface area (Å²) in [7, 11) is 0. The number of hydrogen-bond donors (Lipinski definition) is 2. The van der Waals surface area contributed by atoms with E-state index >= 15 is 0 Å². The van der Waals surface area contributed by atoms with Crippen LogP contribution in [0.4, 0.5) is 0 Å². The highest BCUT2D eigenvalue weighted by atomic mass is 16.7. The maximum Gasteiger partial charge on any atom is 0.231 e. The van der Waals surface area contributed by atoms with Crippen molar-refractivity contribution in [2.75, 3.05) is 20.0 Å². The fourth-order valence-corrected chi connectivity index (χ4v) is 1.61. The van der Waals surface area contributed by atoms with E-state index in [1.807, 2.05) is 6.92 Å². The van der Waals surface area contributed by atoms with Crippen molar-refractivity contribution >= 4 is 0 Å². The smallest absolute Gasteiger partial charge is 0.231 e. The summed E-state index contributed by atoms with van der Waals surface area (Å²) in [6.45, 7) is 2.49. The van der Waals surface area contributed by atoms with Crippen molar-refractivity contribution in [2.24, 2.45) is 5.73 Å². The first-order valence-electron chi connectivity index (χ1n) is 5.19. The third-order valence-electron chi connectivity index (χ3n) is 2.40. The molecule has 1 atom stereocenters. The molecule has 0 unspecified atom stereocenters. The third-order valence-corrected chi connectivity index (χ3v) is 2.40. The predicted octanol–water partition coefficient (Wildman–Crippen LogP) is 0.806. The van der Waals surface area contributed by atoms with Gasteiger partial charge in [0, 0.05) is 11.6 Å². The fraction of sp³-hybridized carbons (Fsp3) is 0.455. The number of ether oxygens (including phenoxy) is 3. The number of hydrogen-bond acceptors (Lipinski definition) is 5. The standard InChI is InChI=1S/C11H15NO4/c1-2-14-9-4-11-10(15-6-16-11)3-7(9)8(12)5-13/h3-4,8,13H,2,5-6,12H2,1H3/t8-/m0/s1. The average Bonchev–Trinajstić information content (AvgIpc) is 2.74. The van der Waals surface area contributed by atoms with Crippen LogP contribution in [0.25, 0.3) is 0 Å². The van der Waals surface area contributed by atoms with Crippen molar-refractivity contribution in [1.82, 2.24) is 0 Å². The number of fused-ring (bicyclic) bond motifs is 1. The molecule has 0 saturated heterocycles. The zero-order valence-corrected chi connectivity index (χ0v) is 9.10. The van der Waals surface area contributed by atoms with Gasteiger partial charge in [-0.15, -0.1) is 0 Å². The zero-order chi connectivity index (χ0) is 11.5. The Hall–Kier alpha value is -1.46. The molecule has 0 radical (unpaired) electrons. The Bertz CT molecular complexity index is 380. The molecule has 5 nitrogen and oxygen atoms in total. The topological polar surface area (TPSA) is 73.9 Å². The normalized spacial score (nSPS) is 14.9. The summed E-state index contributed by atoms with van der Waals surface area (Å²) in [6.07, 6.45) is 0. The van der Waals surface area contributed by atoms with Gasteiger partial charge in [0.05, 0.1) is 19.3 Å². The molecule has 1 aromatic rings. The van der Waals surface area contributed by atoms with Crippen LogP contribution in [-0.2, 0) is 0 Å². The summed E-state index contributed by atoms with van der Waals surface area (Å²) in [5.41, 5.74) is 6.52. The SMILES string of the molecule is CCOc1cc2c(cc1[C@@H](N)CO)OCO2. The second kappa shape index (κ2) is 4.59. The second-order valence-electron chi connectivity index (χ2n) is 3.47. The second-order valence-corrected chi connectivity index (χ2v) is 3.47. The lowest BCUT2D eigenvalue weighted by atomic mass is 10.1. The Kier molecular flexibility index (Phi) is 3.17. The average molecular weight is 225 g/mol. The lowest BCUT2D eigenvalue weighted by Crippen LogP contribution is -2.15. The van der Waals surface area contributed by atoms with Crippen LogP contribution in [0.2, 0.25) is 0 Å². The van der Waals surface area contributed by atoms with E-state index in [4.69, 9.17) is 25.1 Å². The summed E-state index contributed by atoms with van der Waals surface area (Å²) in [6, 6.07) is 3.03. The Morgan fingerprint density at radius 1 is 1.44 bits per heavy atom. The molecule has 1 aliphatic rings. The largest absolute Gasteiger partial charge is 0.493 e. The molecule has 1 aromatic carbocycles. The summed E-state index contributed by atoms with van der Waals surface area (Å²) in [5, 5.41) is 9.08. The number of aliphatic hydroxyl groups is 1. The van der Waals surface area contributed by atoms with Gasteiger partial charge < -0.3 is 25.1 Å². The van der Waals surface area contributed by atoms with Crippen LogP contribution >= 0.6 is 0 Å². The van der Waals surface area contributed by atoms with E-state index < -0.39 is 6.04 Å². The van der Waals surface area contributed by atoms with Gasteiger partial charge in [-0.05, 0) is 13.0 Å². The molecule has 0 bridgehead atoms. The van der Waals surface area contributed by atoms with Gasteiger partial charge >= 0.3 is 0 Å². The maximum atomic E-state index is 9.08. The minimum absolute atomic E-state index is 0.139. The molecule has 0 amide bonds. The van der Waals surface area contributed by atoms with Crippen molar-refractivity contribution in [3.63, 3.8) is 0 Å². The van der Waals surface area contributed by atoms with E-state index in [9.17, 15) is 0 Å². The maximum absolute atomic E-state index is 9.08. The highest BCUT2D eigenvalue weighted by Gasteiger charge is 2.20. The van der Waals surface area contributed by atoms with Crippen molar-refractivity contribution in [3.05, 3.63) is 17.7 Å². The van der Waals surface area contributed by atoms with E-state index in [0.717, 1.165) is 5.56 Å². The Morgan fingerprint density at radius 2 is 2.12 bits per heavy atom. The molecular formula is C11H15NO4. The molecule has 16 heavy (non-hydrogen) atoms.